The Morgan fingerprint density at radius 1 is 1.18 bits per heavy atom. The Hall–Kier alpha value is -2.11. The lowest BCUT2D eigenvalue weighted by Gasteiger charge is -2.21. The first-order valence-electron chi connectivity index (χ1n) is 7.97. The Morgan fingerprint density at radius 3 is 2.46 bits per heavy atom. The third kappa shape index (κ3) is 4.83. The summed E-state index contributed by atoms with van der Waals surface area (Å²) in [6.45, 7) is 1.52. The number of aromatic nitrogens is 5. The first kappa shape index (κ1) is 20.6. The fraction of sp³-hybridized carbons (Fsp3) is 0.250. The highest BCUT2D eigenvalue weighted by molar-refractivity contribution is 7.89. The van der Waals surface area contributed by atoms with Crippen molar-refractivity contribution in [1.29, 1.82) is 0 Å². The molecule has 1 atom stereocenters. The van der Waals surface area contributed by atoms with E-state index >= 15 is 0 Å². The van der Waals surface area contributed by atoms with E-state index in [1.807, 2.05) is 0 Å². The molecule has 0 saturated heterocycles. The zero-order valence-corrected chi connectivity index (χ0v) is 16.9. The SMILES string of the molecule is CC(O)(CS(N)(=O)=O)c1cccc(-c2nnn(Cc3c(Cl)cccc3Cl)n2)n1. The van der Waals surface area contributed by atoms with Gasteiger partial charge in [-0.25, -0.2) is 18.5 Å². The fourth-order valence-electron chi connectivity index (χ4n) is 2.56. The first-order valence-corrected chi connectivity index (χ1v) is 10.4. The summed E-state index contributed by atoms with van der Waals surface area (Å²) in [7, 11) is -3.91. The average molecular weight is 443 g/mol. The molecule has 0 fully saturated rings. The summed E-state index contributed by atoms with van der Waals surface area (Å²) in [5.41, 5.74) is -0.703. The van der Waals surface area contributed by atoms with Crippen molar-refractivity contribution < 1.29 is 13.5 Å². The van der Waals surface area contributed by atoms with E-state index in [-0.39, 0.29) is 18.1 Å². The maximum Gasteiger partial charge on any atom is 0.223 e. The Labute approximate surface area is 171 Å². The number of sulfonamides is 1. The molecule has 2 heterocycles. The third-order valence-electron chi connectivity index (χ3n) is 3.83. The van der Waals surface area contributed by atoms with E-state index in [1.165, 1.54) is 17.8 Å². The third-order valence-corrected chi connectivity index (χ3v) is 5.50. The van der Waals surface area contributed by atoms with Gasteiger partial charge in [-0.3, -0.25) is 0 Å². The summed E-state index contributed by atoms with van der Waals surface area (Å²) < 4.78 is 22.7. The van der Waals surface area contributed by atoms with Crippen LogP contribution in [0.25, 0.3) is 11.5 Å². The van der Waals surface area contributed by atoms with Crippen LogP contribution >= 0.6 is 23.2 Å². The van der Waals surface area contributed by atoms with Gasteiger partial charge in [-0.05, 0) is 36.4 Å². The van der Waals surface area contributed by atoms with E-state index in [9.17, 15) is 13.5 Å². The Bertz CT molecular complexity index is 1100. The van der Waals surface area contributed by atoms with Gasteiger partial charge in [0.25, 0.3) is 0 Å². The van der Waals surface area contributed by atoms with E-state index in [4.69, 9.17) is 28.3 Å². The maximum absolute atomic E-state index is 11.3. The molecule has 0 radical (unpaired) electrons. The molecule has 0 aliphatic carbocycles. The molecule has 12 heteroatoms. The van der Waals surface area contributed by atoms with Crippen LogP contribution in [-0.2, 0) is 22.2 Å². The van der Waals surface area contributed by atoms with Gasteiger partial charge in [0, 0.05) is 15.6 Å². The molecule has 1 aromatic carbocycles. The number of hydrogen-bond acceptors (Lipinski definition) is 7. The molecule has 0 amide bonds. The molecule has 3 aromatic rings. The quantitative estimate of drug-likeness (QED) is 0.590. The second kappa shape index (κ2) is 7.72. The minimum absolute atomic E-state index is 0.115. The number of pyridine rings is 1. The number of halogens is 2. The van der Waals surface area contributed by atoms with Gasteiger partial charge in [0.2, 0.25) is 15.8 Å². The van der Waals surface area contributed by atoms with Gasteiger partial charge in [0.05, 0.1) is 18.0 Å². The summed E-state index contributed by atoms with van der Waals surface area (Å²) in [5.74, 6) is -0.488. The van der Waals surface area contributed by atoms with E-state index in [0.717, 1.165) is 0 Å². The number of primary sulfonamides is 1. The van der Waals surface area contributed by atoms with Crippen LogP contribution in [0, 0.1) is 0 Å². The molecule has 1 unspecified atom stereocenters. The number of benzene rings is 1. The van der Waals surface area contributed by atoms with Crippen molar-refractivity contribution in [3.8, 4) is 11.5 Å². The fourth-order valence-corrected chi connectivity index (χ4v) is 4.01. The van der Waals surface area contributed by atoms with Crippen molar-refractivity contribution in [2.24, 2.45) is 5.14 Å². The lowest BCUT2D eigenvalue weighted by molar-refractivity contribution is 0.0773. The number of nitrogens with two attached hydrogens (primary N) is 1. The van der Waals surface area contributed by atoms with Crippen molar-refractivity contribution in [3.63, 3.8) is 0 Å². The van der Waals surface area contributed by atoms with E-state index in [0.29, 0.717) is 21.3 Å². The van der Waals surface area contributed by atoms with Crippen LogP contribution in [0.3, 0.4) is 0 Å². The van der Waals surface area contributed by atoms with E-state index < -0.39 is 21.4 Å². The molecule has 0 bridgehead atoms. The lowest BCUT2D eigenvalue weighted by atomic mass is 10.0. The number of nitrogens with zero attached hydrogens (tertiary/aromatic N) is 5. The summed E-state index contributed by atoms with van der Waals surface area (Å²) >= 11 is 12.3. The molecule has 2 aromatic heterocycles. The van der Waals surface area contributed by atoms with Crippen LogP contribution in [0.4, 0.5) is 0 Å². The van der Waals surface area contributed by atoms with Crippen molar-refractivity contribution >= 4 is 33.2 Å². The zero-order valence-electron chi connectivity index (χ0n) is 14.6. The molecule has 9 nitrogen and oxygen atoms in total. The molecule has 3 N–H and O–H groups in total. The van der Waals surface area contributed by atoms with Crippen LogP contribution in [0.5, 0.6) is 0 Å². The molecule has 0 spiro atoms. The molecule has 0 aliphatic rings. The van der Waals surface area contributed by atoms with Gasteiger partial charge in [0.1, 0.15) is 11.3 Å². The van der Waals surface area contributed by atoms with Crippen molar-refractivity contribution in [2.45, 2.75) is 19.1 Å². The van der Waals surface area contributed by atoms with Crippen LogP contribution in [0.2, 0.25) is 10.0 Å². The highest BCUT2D eigenvalue weighted by Gasteiger charge is 2.30. The molecule has 148 valence electrons. The van der Waals surface area contributed by atoms with Gasteiger partial charge < -0.3 is 5.11 Å². The van der Waals surface area contributed by atoms with Gasteiger partial charge in [-0.1, -0.05) is 35.3 Å². The van der Waals surface area contributed by atoms with Gasteiger partial charge in [-0.2, -0.15) is 4.80 Å². The molecular weight excluding hydrogens is 427 g/mol. The maximum atomic E-state index is 11.3. The summed E-state index contributed by atoms with van der Waals surface area (Å²) in [6, 6.07) is 9.85. The normalized spacial score (nSPS) is 14.0. The molecule has 0 aliphatic heterocycles. The first-order chi connectivity index (χ1) is 13.0. The minimum atomic E-state index is -3.91. The number of hydrogen-bond donors (Lipinski definition) is 2. The number of rotatable bonds is 6. The van der Waals surface area contributed by atoms with Crippen molar-refractivity contribution in [1.82, 2.24) is 25.2 Å². The zero-order chi connectivity index (χ0) is 20.5. The van der Waals surface area contributed by atoms with Gasteiger partial charge in [0.15, 0.2) is 0 Å². The summed E-state index contributed by atoms with van der Waals surface area (Å²) in [5, 5.41) is 28.6. The predicted octanol–water partition coefficient (Wildman–Crippen LogP) is 1.59. The Morgan fingerprint density at radius 2 is 1.82 bits per heavy atom. The van der Waals surface area contributed by atoms with Crippen molar-refractivity contribution in [3.05, 3.63) is 57.7 Å². The number of aliphatic hydroxyl groups is 1. The topological polar surface area (TPSA) is 137 Å². The highest BCUT2D eigenvalue weighted by atomic mass is 35.5. The average Bonchev–Trinajstić information content (AvgIpc) is 3.05. The summed E-state index contributed by atoms with van der Waals surface area (Å²) in [4.78, 5) is 5.56. The summed E-state index contributed by atoms with van der Waals surface area (Å²) in [6.07, 6.45) is 0. The highest BCUT2D eigenvalue weighted by Crippen LogP contribution is 2.25. The van der Waals surface area contributed by atoms with Crippen LogP contribution in [0.1, 0.15) is 18.2 Å². The van der Waals surface area contributed by atoms with Crippen LogP contribution in [0.15, 0.2) is 36.4 Å². The van der Waals surface area contributed by atoms with Gasteiger partial charge in [-0.15, -0.1) is 10.2 Å². The molecule has 3 rings (SSSR count). The molecular formula is C16H16Cl2N6O3S. The second-order valence-corrected chi connectivity index (χ2v) is 8.76. The monoisotopic (exact) mass is 442 g/mol. The van der Waals surface area contributed by atoms with E-state index in [1.54, 1.807) is 30.3 Å². The largest absolute Gasteiger partial charge is 0.383 e. The Kier molecular flexibility index (Phi) is 5.69. The smallest absolute Gasteiger partial charge is 0.223 e. The Balaban J connectivity index is 1.88. The lowest BCUT2D eigenvalue weighted by Crippen LogP contribution is -2.35. The van der Waals surface area contributed by atoms with E-state index in [2.05, 4.69) is 20.4 Å². The van der Waals surface area contributed by atoms with Gasteiger partial charge >= 0.3 is 0 Å². The minimum Gasteiger partial charge on any atom is -0.383 e. The molecule has 0 saturated carbocycles. The second-order valence-electron chi connectivity index (χ2n) is 6.33. The predicted molar refractivity (Wildman–Crippen MR) is 104 cm³/mol. The molecule has 28 heavy (non-hydrogen) atoms. The van der Waals surface area contributed by atoms with Crippen molar-refractivity contribution in [2.75, 3.05) is 5.75 Å². The van der Waals surface area contributed by atoms with Crippen LogP contribution in [-0.4, -0.2) is 44.5 Å². The van der Waals surface area contributed by atoms with Crippen LogP contribution < -0.4 is 5.14 Å². The standard InChI is InChI=1S/C16H16Cl2N6O3S/c1-16(25,9-28(19,26)27)14-7-3-6-13(20-14)15-21-23-24(22-15)8-10-11(17)4-2-5-12(10)18/h2-7,25H,8-9H2,1H3,(H2,19,26,27). The number of tetrazole rings is 1.